The molecule has 1 aliphatic heterocycles. The predicted octanol–water partition coefficient (Wildman–Crippen LogP) is 1.54. The first kappa shape index (κ1) is 10.7. The van der Waals surface area contributed by atoms with Gasteiger partial charge < -0.3 is 14.9 Å². The third-order valence-corrected chi connectivity index (χ3v) is 2.40. The fraction of sp³-hybridized carbons (Fsp3) is 0.250. The minimum absolute atomic E-state index is 0.156. The lowest BCUT2D eigenvalue weighted by Gasteiger charge is -2.17. The van der Waals surface area contributed by atoms with E-state index in [9.17, 15) is 9.90 Å². The lowest BCUT2D eigenvalue weighted by atomic mass is 10.1. The van der Waals surface area contributed by atoms with Crippen LogP contribution in [-0.4, -0.2) is 28.4 Å². The molecule has 0 bridgehead atoms. The van der Waals surface area contributed by atoms with Crippen molar-refractivity contribution in [2.45, 2.75) is 12.5 Å². The van der Waals surface area contributed by atoms with Crippen LogP contribution in [0.1, 0.15) is 22.8 Å². The standard InChI is InChI=1S/C12H12O4/c1-12(15)5-4-8-6-9(11(13)14)2-3-10(8)16-7-12/h2-6,15H,7H2,1H3,(H,13,14)/t12-/m0/s1. The molecule has 2 N–H and O–H groups in total. The Labute approximate surface area is 92.8 Å². The topological polar surface area (TPSA) is 66.8 Å². The van der Waals surface area contributed by atoms with Gasteiger partial charge in [-0.1, -0.05) is 6.08 Å². The van der Waals surface area contributed by atoms with Crippen molar-refractivity contribution in [3.05, 3.63) is 35.4 Å². The normalized spacial score (nSPS) is 23.1. The molecule has 0 aliphatic carbocycles. The van der Waals surface area contributed by atoms with E-state index in [-0.39, 0.29) is 12.2 Å². The molecule has 0 aromatic heterocycles. The average Bonchev–Trinajstić information content (AvgIpc) is 2.38. The zero-order valence-corrected chi connectivity index (χ0v) is 8.80. The molecule has 1 aromatic carbocycles. The van der Waals surface area contributed by atoms with Crippen molar-refractivity contribution in [2.75, 3.05) is 6.61 Å². The minimum Gasteiger partial charge on any atom is -0.490 e. The summed E-state index contributed by atoms with van der Waals surface area (Å²) in [4.78, 5) is 10.8. The molecule has 1 heterocycles. The van der Waals surface area contributed by atoms with Crippen molar-refractivity contribution < 1.29 is 19.7 Å². The highest BCUT2D eigenvalue weighted by Gasteiger charge is 2.21. The number of aliphatic hydroxyl groups is 1. The highest BCUT2D eigenvalue weighted by molar-refractivity contribution is 5.89. The summed E-state index contributed by atoms with van der Waals surface area (Å²) in [6, 6.07) is 4.61. The van der Waals surface area contributed by atoms with Gasteiger partial charge in [0.25, 0.3) is 0 Å². The number of benzene rings is 1. The predicted molar refractivity (Wildman–Crippen MR) is 58.6 cm³/mol. The van der Waals surface area contributed by atoms with Crippen molar-refractivity contribution in [3.8, 4) is 5.75 Å². The molecule has 0 amide bonds. The van der Waals surface area contributed by atoms with Gasteiger partial charge in [-0.3, -0.25) is 0 Å². The third kappa shape index (κ3) is 2.06. The third-order valence-electron chi connectivity index (χ3n) is 2.40. The Morgan fingerprint density at radius 1 is 1.50 bits per heavy atom. The summed E-state index contributed by atoms with van der Waals surface area (Å²) in [5.74, 6) is -0.397. The molecule has 84 valence electrons. The Kier molecular flexibility index (Phi) is 2.44. The van der Waals surface area contributed by atoms with E-state index in [1.165, 1.54) is 12.1 Å². The highest BCUT2D eigenvalue weighted by atomic mass is 16.5. The van der Waals surface area contributed by atoms with Crippen molar-refractivity contribution >= 4 is 12.0 Å². The fourth-order valence-corrected chi connectivity index (χ4v) is 1.48. The molecule has 0 saturated heterocycles. The van der Waals surface area contributed by atoms with Crippen LogP contribution in [0.5, 0.6) is 5.75 Å². The van der Waals surface area contributed by atoms with Gasteiger partial charge in [0, 0.05) is 5.56 Å². The van der Waals surface area contributed by atoms with Gasteiger partial charge in [0.15, 0.2) is 0 Å². The molecule has 1 aliphatic rings. The number of fused-ring (bicyclic) bond motifs is 1. The minimum atomic E-state index is -1.03. The molecule has 2 rings (SSSR count). The number of ether oxygens (including phenoxy) is 1. The molecule has 0 saturated carbocycles. The van der Waals surface area contributed by atoms with Crippen LogP contribution in [-0.2, 0) is 0 Å². The van der Waals surface area contributed by atoms with E-state index in [2.05, 4.69) is 0 Å². The van der Waals surface area contributed by atoms with Crippen LogP contribution >= 0.6 is 0 Å². The van der Waals surface area contributed by atoms with E-state index < -0.39 is 11.6 Å². The van der Waals surface area contributed by atoms with Gasteiger partial charge in [-0.2, -0.15) is 0 Å². The second kappa shape index (κ2) is 3.64. The van der Waals surface area contributed by atoms with Crippen LogP contribution < -0.4 is 4.74 Å². The van der Waals surface area contributed by atoms with Gasteiger partial charge >= 0.3 is 5.97 Å². The molecule has 1 atom stereocenters. The lowest BCUT2D eigenvalue weighted by Crippen LogP contribution is -2.28. The summed E-state index contributed by atoms with van der Waals surface area (Å²) in [6.07, 6.45) is 3.28. The average molecular weight is 220 g/mol. The van der Waals surface area contributed by atoms with Gasteiger partial charge in [0.05, 0.1) is 5.56 Å². The van der Waals surface area contributed by atoms with E-state index in [1.807, 2.05) is 0 Å². The van der Waals surface area contributed by atoms with Gasteiger partial charge in [0.2, 0.25) is 0 Å². The van der Waals surface area contributed by atoms with Crippen LogP contribution in [0.15, 0.2) is 24.3 Å². The first-order valence-corrected chi connectivity index (χ1v) is 4.90. The maximum Gasteiger partial charge on any atom is 0.335 e. The Bertz CT molecular complexity index is 460. The Morgan fingerprint density at radius 2 is 2.25 bits per heavy atom. The molecule has 4 heteroatoms. The number of carboxylic acid groups (broad SMARTS) is 1. The van der Waals surface area contributed by atoms with E-state index in [0.29, 0.717) is 11.3 Å². The van der Waals surface area contributed by atoms with Gasteiger partial charge in [-0.15, -0.1) is 0 Å². The molecule has 0 radical (unpaired) electrons. The molecular formula is C12H12O4. The van der Waals surface area contributed by atoms with Gasteiger partial charge in [-0.25, -0.2) is 4.79 Å². The summed E-state index contributed by atoms with van der Waals surface area (Å²) in [7, 11) is 0. The Hall–Kier alpha value is -1.81. The number of hydrogen-bond acceptors (Lipinski definition) is 3. The van der Waals surface area contributed by atoms with Gasteiger partial charge in [0.1, 0.15) is 18.0 Å². The SMILES string of the molecule is C[C@]1(O)C=Cc2cc(C(=O)O)ccc2OC1. The zero-order chi connectivity index (χ0) is 11.8. The summed E-state index contributed by atoms with van der Waals surface area (Å²) >= 11 is 0. The molecule has 0 unspecified atom stereocenters. The zero-order valence-electron chi connectivity index (χ0n) is 8.80. The van der Waals surface area contributed by atoms with Gasteiger partial charge in [-0.05, 0) is 31.2 Å². The van der Waals surface area contributed by atoms with Crippen molar-refractivity contribution in [2.24, 2.45) is 0 Å². The van der Waals surface area contributed by atoms with Crippen molar-refractivity contribution in [3.63, 3.8) is 0 Å². The number of hydrogen-bond donors (Lipinski definition) is 2. The van der Waals surface area contributed by atoms with Crippen molar-refractivity contribution in [1.82, 2.24) is 0 Å². The maximum atomic E-state index is 10.8. The number of aromatic carboxylic acids is 1. The monoisotopic (exact) mass is 220 g/mol. The first-order chi connectivity index (χ1) is 7.48. The van der Waals surface area contributed by atoms with Crippen LogP contribution in [0.3, 0.4) is 0 Å². The van der Waals surface area contributed by atoms with E-state index >= 15 is 0 Å². The molecule has 0 fully saturated rings. The van der Waals surface area contributed by atoms with E-state index in [4.69, 9.17) is 9.84 Å². The summed E-state index contributed by atoms with van der Waals surface area (Å²) in [5, 5.41) is 18.6. The largest absolute Gasteiger partial charge is 0.490 e. The molecule has 4 nitrogen and oxygen atoms in total. The second-order valence-electron chi connectivity index (χ2n) is 4.04. The van der Waals surface area contributed by atoms with Crippen LogP contribution in [0.4, 0.5) is 0 Å². The number of rotatable bonds is 1. The molecule has 1 aromatic rings. The summed E-state index contributed by atoms with van der Waals surface area (Å²) < 4.78 is 5.39. The summed E-state index contributed by atoms with van der Waals surface area (Å²) in [6.45, 7) is 1.79. The lowest BCUT2D eigenvalue weighted by molar-refractivity contribution is 0.0565. The maximum absolute atomic E-state index is 10.8. The summed E-state index contributed by atoms with van der Waals surface area (Å²) in [5.41, 5.74) is -0.159. The van der Waals surface area contributed by atoms with E-state index in [0.717, 1.165) is 0 Å². The molecule has 0 spiro atoms. The Balaban J connectivity index is 2.43. The molecule has 16 heavy (non-hydrogen) atoms. The Morgan fingerprint density at radius 3 is 2.94 bits per heavy atom. The number of carbonyl (C=O) groups is 1. The fourth-order valence-electron chi connectivity index (χ4n) is 1.48. The highest BCUT2D eigenvalue weighted by Crippen LogP contribution is 2.26. The second-order valence-corrected chi connectivity index (χ2v) is 4.04. The first-order valence-electron chi connectivity index (χ1n) is 4.90. The number of carboxylic acids is 1. The van der Waals surface area contributed by atoms with Crippen LogP contribution in [0.2, 0.25) is 0 Å². The van der Waals surface area contributed by atoms with Crippen molar-refractivity contribution in [1.29, 1.82) is 0 Å². The smallest absolute Gasteiger partial charge is 0.335 e. The quantitative estimate of drug-likeness (QED) is 0.753. The van der Waals surface area contributed by atoms with Crippen LogP contribution in [0, 0.1) is 0 Å². The van der Waals surface area contributed by atoms with Crippen LogP contribution in [0.25, 0.3) is 6.08 Å². The van der Waals surface area contributed by atoms with E-state index in [1.54, 1.807) is 25.1 Å². The molecular weight excluding hydrogens is 208 g/mol.